The number of aliphatic hydroxyl groups excluding tert-OH is 1. The molecule has 0 aliphatic carbocycles. The van der Waals surface area contributed by atoms with Crippen LogP contribution in [0.25, 0.3) is 10.2 Å². The molecule has 0 aliphatic rings. The number of benzene rings is 2. The number of hydrogen-bond acceptors (Lipinski definition) is 3. The Morgan fingerprint density at radius 3 is 2.67 bits per heavy atom. The molecule has 0 spiro atoms. The number of nitrogens with zero attached hydrogens (tertiary/aromatic N) is 1. The van der Waals surface area contributed by atoms with Crippen molar-refractivity contribution in [2.45, 2.75) is 6.10 Å². The van der Waals surface area contributed by atoms with Gasteiger partial charge in [0.05, 0.1) is 10.2 Å². The second-order valence-electron chi connectivity index (χ2n) is 4.72. The zero-order valence-electron chi connectivity index (χ0n) is 11.0. The quantitative estimate of drug-likeness (QED) is 0.766. The fourth-order valence-corrected chi connectivity index (χ4v) is 3.66. The molecule has 21 heavy (non-hydrogen) atoms. The summed E-state index contributed by atoms with van der Waals surface area (Å²) in [7, 11) is 1.73. The van der Waals surface area contributed by atoms with Gasteiger partial charge in [-0.25, -0.2) is 0 Å². The van der Waals surface area contributed by atoms with Crippen molar-refractivity contribution in [3.8, 4) is 0 Å². The van der Waals surface area contributed by atoms with Crippen LogP contribution in [0.4, 0.5) is 0 Å². The second-order valence-corrected chi connectivity index (χ2v) is 6.56. The topological polar surface area (TPSA) is 42.2 Å². The number of halogens is 2. The summed E-state index contributed by atoms with van der Waals surface area (Å²) in [6.07, 6.45) is -0.860. The summed E-state index contributed by atoms with van der Waals surface area (Å²) >= 11 is 13.1. The van der Waals surface area contributed by atoms with Crippen LogP contribution in [-0.4, -0.2) is 9.67 Å². The van der Waals surface area contributed by atoms with Crippen molar-refractivity contribution in [1.82, 2.24) is 4.57 Å². The predicted molar refractivity (Wildman–Crippen MR) is 87.6 cm³/mol. The van der Waals surface area contributed by atoms with Crippen molar-refractivity contribution in [2.24, 2.45) is 7.05 Å². The monoisotopic (exact) mass is 339 g/mol. The van der Waals surface area contributed by atoms with E-state index in [9.17, 15) is 9.90 Å². The van der Waals surface area contributed by atoms with Gasteiger partial charge in [0.2, 0.25) is 0 Å². The fraction of sp³-hybridized carbons (Fsp3) is 0.133. The second kappa shape index (κ2) is 5.46. The van der Waals surface area contributed by atoms with Gasteiger partial charge < -0.3 is 9.67 Å². The van der Waals surface area contributed by atoms with Gasteiger partial charge in [0.25, 0.3) is 0 Å². The molecule has 1 aromatic heterocycles. The third-order valence-corrected chi connectivity index (χ3v) is 4.95. The predicted octanol–water partition coefficient (Wildman–Crippen LogP) is 3.99. The highest BCUT2D eigenvalue weighted by molar-refractivity contribution is 7.16. The van der Waals surface area contributed by atoms with Crippen LogP contribution in [0.1, 0.15) is 17.2 Å². The molecule has 2 aromatic carbocycles. The van der Waals surface area contributed by atoms with Crippen LogP contribution in [0.3, 0.4) is 0 Å². The van der Waals surface area contributed by atoms with E-state index in [1.165, 1.54) is 0 Å². The van der Waals surface area contributed by atoms with Crippen molar-refractivity contribution in [2.75, 3.05) is 0 Å². The summed E-state index contributed by atoms with van der Waals surface area (Å²) in [5.74, 6) is 0. The molecule has 0 amide bonds. The van der Waals surface area contributed by atoms with E-state index in [2.05, 4.69) is 0 Å². The van der Waals surface area contributed by atoms with Crippen LogP contribution in [0.2, 0.25) is 10.0 Å². The maximum absolute atomic E-state index is 11.7. The third-order valence-electron chi connectivity index (χ3n) is 3.39. The molecule has 0 radical (unpaired) electrons. The summed E-state index contributed by atoms with van der Waals surface area (Å²) in [4.78, 5) is 11.6. The third kappa shape index (κ3) is 2.60. The lowest BCUT2D eigenvalue weighted by Crippen LogP contribution is -2.06. The first-order valence-corrected chi connectivity index (χ1v) is 7.77. The molecule has 1 heterocycles. The van der Waals surface area contributed by atoms with Crippen molar-refractivity contribution in [3.05, 3.63) is 67.2 Å². The van der Waals surface area contributed by atoms with E-state index >= 15 is 0 Å². The lowest BCUT2D eigenvalue weighted by molar-refractivity contribution is 0.220. The molecule has 1 atom stereocenters. The number of rotatable bonds is 2. The number of hydrogen-bond donors (Lipinski definition) is 1. The number of aliphatic hydroxyl groups is 1. The van der Waals surface area contributed by atoms with Gasteiger partial charge in [0.15, 0.2) is 0 Å². The van der Waals surface area contributed by atoms with Gasteiger partial charge in [-0.1, -0.05) is 46.7 Å². The average molecular weight is 340 g/mol. The normalized spacial score (nSPS) is 12.8. The Kier molecular flexibility index (Phi) is 3.80. The van der Waals surface area contributed by atoms with E-state index in [4.69, 9.17) is 23.2 Å². The van der Waals surface area contributed by atoms with E-state index in [1.54, 1.807) is 35.9 Å². The Bertz CT molecular complexity index is 885. The lowest BCUT2D eigenvalue weighted by atomic mass is 10.0. The highest BCUT2D eigenvalue weighted by Gasteiger charge is 2.16. The molecule has 6 heteroatoms. The zero-order chi connectivity index (χ0) is 15.1. The Balaban J connectivity index is 2.09. The molecule has 0 saturated carbocycles. The van der Waals surface area contributed by atoms with E-state index < -0.39 is 6.10 Å². The van der Waals surface area contributed by atoms with Crippen molar-refractivity contribution in [3.63, 3.8) is 0 Å². The highest BCUT2D eigenvalue weighted by Crippen LogP contribution is 2.32. The summed E-state index contributed by atoms with van der Waals surface area (Å²) in [6, 6.07) is 10.4. The standard InChI is InChI=1S/C15H11Cl2NO2S/c1-18-12-5-2-8(6-13(12)21-15(18)20)14(19)10-4-3-9(16)7-11(10)17/h2-7,14,19H,1H3. The van der Waals surface area contributed by atoms with Crippen molar-refractivity contribution >= 4 is 44.8 Å². The Morgan fingerprint density at radius 2 is 1.95 bits per heavy atom. The Hall–Kier alpha value is -1.33. The van der Waals surface area contributed by atoms with Crippen LogP contribution in [0.15, 0.2) is 41.2 Å². The first-order chi connectivity index (χ1) is 9.97. The van der Waals surface area contributed by atoms with Crippen LogP contribution in [0, 0.1) is 0 Å². The van der Waals surface area contributed by atoms with Gasteiger partial charge in [-0.05, 0) is 29.8 Å². The summed E-state index contributed by atoms with van der Waals surface area (Å²) in [5, 5.41) is 11.4. The van der Waals surface area contributed by atoms with Gasteiger partial charge in [-0.3, -0.25) is 4.79 Å². The largest absolute Gasteiger partial charge is 0.384 e. The maximum Gasteiger partial charge on any atom is 0.307 e. The summed E-state index contributed by atoms with van der Waals surface area (Å²) in [6.45, 7) is 0. The van der Waals surface area contributed by atoms with Gasteiger partial charge in [-0.15, -0.1) is 0 Å². The molecule has 0 aliphatic heterocycles. The SMILES string of the molecule is Cn1c(=O)sc2cc(C(O)c3ccc(Cl)cc3Cl)ccc21. The van der Waals surface area contributed by atoms with Crippen LogP contribution in [-0.2, 0) is 7.05 Å². The number of aromatic nitrogens is 1. The first-order valence-electron chi connectivity index (χ1n) is 6.20. The van der Waals surface area contributed by atoms with E-state index in [-0.39, 0.29) is 4.87 Å². The Labute approximate surface area is 135 Å². The lowest BCUT2D eigenvalue weighted by Gasteiger charge is -2.13. The van der Waals surface area contributed by atoms with Crippen LogP contribution in [0.5, 0.6) is 0 Å². The fourth-order valence-electron chi connectivity index (χ4n) is 2.22. The minimum Gasteiger partial charge on any atom is -0.384 e. The number of aryl methyl sites for hydroxylation is 1. The van der Waals surface area contributed by atoms with Crippen molar-refractivity contribution < 1.29 is 5.11 Å². The minimum atomic E-state index is -0.860. The smallest absolute Gasteiger partial charge is 0.307 e. The molecule has 3 nitrogen and oxygen atoms in total. The molecular weight excluding hydrogens is 329 g/mol. The minimum absolute atomic E-state index is 0.0267. The van der Waals surface area contributed by atoms with Crippen LogP contribution < -0.4 is 4.87 Å². The molecule has 0 fully saturated rings. The van der Waals surface area contributed by atoms with Gasteiger partial charge >= 0.3 is 4.87 Å². The van der Waals surface area contributed by atoms with Gasteiger partial charge in [0.1, 0.15) is 6.10 Å². The number of fused-ring (bicyclic) bond motifs is 1. The molecule has 108 valence electrons. The van der Waals surface area contributed by atoms with Gasteiger partial charge in [-0.2, -0.15) is 0 Å². The first kappa shape index (κ1) is 14.6. The maximum atomic E-state index is 11.7. The molecule has 3 rings (SSSR count). The average Bonchev–Trinajstić information content (AvgIpc) is 2.73. The zero-order valence-corrected chi connectivity index (χ0v) is 13.3. The summed E-state index contributed by atoms with van der Waals surface area (Å²) < 4.78 is 2.43. The Morgan fingerprint density at radius 1 is 1.19 bits per heavy atom. The highest BCUT2D eigenvalue weighted by atomic mass is 35.5. The molecule has 1 unspecified atom stereocenters. The van der Waals surface area contributed by atoms with E-state index in [1.807, 2.05) is 12.1 Å². The van der Waals surface area contributed by atoms with E-state index in [0.717, 1.165) is 21.6 Å². The van der Waals surface area contributed by atoms with Crippen LogP contribution >= 0.6 is 34.5 Å². The number of thiazole rings is 1. The molecule has 0 saturated heterocycles. The molecule has 3 aromatic rings. The molecule has 1 N–H and O–H groups in total. The van der Waals surface area contributed by atoms with E-state index in [0.29, 0.717) is 21.2 Å². The summed E-state index contributed by atoms with van der Waals surface area (Å²) in [5.41, 5.74) is 2.13. The molecule has 0 bridgehead atoms. The van der Waals surface area contributed by atoms with Gasteiger partial charge in [0, 0.05) is 22.7 Å². The molecular formula is C15H11Cl2NO2S. The van der Waals surface area contributed by atoms with Crippen molar-refractivity contribution in [1.29, 1.82) is 0 Å².